The number of hydrogen-bond acceptors (Lipinski definition) is 2. The van der Waals surface area contributed by atoms with Gasteiger partial charge in [-0.1, -0.05) is 62.9 Å². The van der Waals surface area contributed by atoms with Crippen molar-refractivity contribution < 1.29 is 4.79 Å². The van der Waals surface area contributed by atoms with Crippen LogP contribution >= 0.6 is 0 Å². The van der Waals surface area contributed by atoms with Crippen LogP contribution in [0.4, 0.5) is 16.2 Å². The normalized spacial score (nSPS) is 10.5. The molecule has 2 aromatic carbocycles. The average molecular weight is 368 g/mol. The summed E-state index contributed by atoms with van der Waals surface area (Å²) in [5, 5.41) is 5.97. The molecule has 0 fully saturated rings. The molecule has 0 aromatic heterocycles. The molecule has 0 spiro atoms. The third kappa shape index (κ3) is 7.33. The lowest BCUT2D eigenvalue weighted by atomic mass is 10.0. The predicted octanol–water partition coefficient (Wildman–Crippen LogP) is 5.44. The van der Waals surface area contributed by atoms with Crippen LogP contribution in [0.5, 0.6) is 0 Å². The minimum Gasteiger partial charge on any atom is -0.378 e. The van der Waals surface area contributed by atoms with Gasteiger partial charge in [0.25, 0.3) is 0 Å². The van der Waals surface area contributed by atoms with Crippen molar-refractivity contribution in [1.29, 1.82) is 0 Å². The van der Waals surface area contributed by atoms with E-state index in [1.54, 1.807) is 0 Å². The maximum absolute atomic E-state index is 12.2. The number of unbranched alkanes of at least 4 members (excludes halogenated alkanes) is 4. The standard InChI is InChI=1S/C23H33N3O/c1-4-5-6-7-10-17-24-23(27)25-22-12-9-8-11-20(22)18-19-13-15-21(16-14-19)26(2)3/h8-9,11-16H,4-7,10,17-18H2,1-3H3,(H2,24,25,27). The molecule has 0 saturated heterocycles. The highest BCUT2D eigenvalue weighted by atomic mass is 16.2. The van der Waals surface area contributed by atoms with Gasteiger partial charge in [0.15, 0.2) is 0 Å². The third-order valence-corrected chi connectivity index (χ3v) is 4.68. The molecule has 0 saturated carbocycles. The number of para-hydroxylation sites is 1. The molecule has 2 N–H and O–H groups in total. The summed E-state index contributed by atoms with van der Waals surface area (Å²) in [7, 11) is 4.08. The summed E-state index contributed by atoms with van der Waals surface area (Å²) in [5.74, 6) is 0. The molecular weight excluding hydrogens is 334 g/mol. The topological polar surface area (TPSA) is 44.4 Å². The predicted molar refractivity (Wildman–Crippen MR) is 116 cm³/mol. The fourth-order valence-corrected chi connectivity index (χ4v) is 3.03. The van der Waals surface area contributed by atoms with E-state index in [9.17, 15) is 4.79 Å². The van der Waals surface area contributed by atoms with Gasteiger partial charge in [-0.2, -0.15) is 0 Å². The van der Waals surface area contributed by atoms with Crippen LogP contribution in [0.15, 0.2) is 48.5 Å². The summed E-state index contributed by atoms with van der Waals surface area (Å²) in [6, 6.07) is 16.4. The molecule has 4 heteroatoms. The molecule has 0 heterocycles. The Balaban J connectivity index is 1.88. The summed E-state index contributed by atoms with van der Waals surface area (Å²) in [4.78, 5) is 14.3. The number of hydrogen-bond donors (Lipinski definition) is 2. The van der Waals surface area contributed by atoms with Gasteiger partial charge in [0, 0.05) is 32.0 Å². The number of nitrogens with one attached hydrogen (secondary N) is 2. The SMILES string of the molecule is CCCCCCCNC(=O)Nc1ccccc1Cc1ccc(N(C)C)cc1. The van der Waals surface area contributed by atoms with Crippen molar-refractivity contribution in [2.24, 2.45) is 0 Å². The molecule has 2 aromatic rings. The summed E-state index contributed by atoms with van der Waals surface area (Å²) < 4.78 is 0. The molecule has 2 amide bonds. The van der Waals surface area contributed by atoms with Crippen molar-refractivity contribution in [3.05, 3.63) is 59.7 Å². The minimum absolute atomic E-state index is 0.124. The van der Waals surface area contributed by atoms with E-state index in [-0.39, 0.29) is 6.03 Å². The highest BCUT2D eigenvalue weighted by molar-refractivity contribution is 5.90. The van der Waals surface area contributed by atoms with E-state index >= 15 is 0 Å². The van der Waals surface area contributed by atoms with Gasteiger partial charge in [0.1, 0.15) is 0 Å². The third-order valence-electron chi connectivity index (χ3n) is 4.68. The number of carbonyl (C=O) groups is 1. The average Bonchev–Trinajstić information content (AvgIpc) is 2.66. The van der Waals surface area contributed by atoms with Crippen LogP contribution in [-0.2, 0) is 6.42 Å². The first kappa shape index (κ1) is 20.8. The van der Waals surface area contributed by atoms with Gasteiger partial charge in [-0.25, -0.2) is 4.79 Å². The molecular formula is C23H33N3O. The first-order valence-electron chi connectivity index (χ1n) is 9.99. The Bertz CT molecular complexity index is 695. The number of amides is 2. The number of carbonyl (C=O) groups excluding carboxylic acids is 1. The molecule has 0 atom stereocenters. The zero-order chi connectivity index (χ0) is 19.5. The second-order valence-corrected chi connectivity index (χ2v) is 7.19. The second kappa shape index (κ2) is 11.3. The quantitative estimate of drug-likeness (QED) is 0.550. The highest BCUT2D eigenvalue weighted by Gasteiger charge is 2.07. The van der Waals surface area contributed by atoms with Crippen molar-refractivity contribution >= 4 is 17.4 Å². The molecule has 0 aliphatic rings. The van der Waals surface area contributed by atoms with E-state index in [0.717, 1.165) is 30.6 Å². The van der Waals surface area contributed by atoms with E-state index in [2.05, 4.69) is 52.8 Å². The zero-order valence-electron chi connectivity index (χ0n) is 16.9. The van der Waals surface area contributed by atoms with Crippen LogP contribution in [0, 0.1) is 0 Å². The van der Waals surface area contributed by atoms with Crippen molar-refractivity contribution in [3.8, 4) is 0 Å². The van der Waals surface area contributed by atoms with Gasteiger partial charge in [-0.15, -0.1) is 0 Å². The fraction of sp³-hybridized carbons (Fsp3) is 0.435. The molecule has 2 rings (SSSR count). The van der Waals surface area contributed by atoms with Crippen molar-refractivity contribution in [2.45, 2.75) is 45.4 Å². The molecule has 0 bridgehead atoms. The lowest BCUT2D eigenvalue weighted by Crippen LogP contribution is -2.29. The minimum atomic E-state index is -0.124. The molecule has 0 unspecified atom stereocenters. The van der Waals surface area contributed by atoms with Gasteiger partial charge in [0.05, 0.1) is 0 Å². The Labute approximate surface area is 164 Å². The largest absolute Gasteiger partial charge is 0.378 e. The van der Waals surface area contributed by atoms with E-state index < -0.39 is 0 Å². The number of anilines is 2. The number of urea groups is 1. The summed E-state index contributed by atoms with van der Waals surface area (Å²) in [6.45, 7) is 2.93. The Kier molecular flexibility index (Phi) is 8.69. The van der Waals surface area contributed by atoms with Gasteiger partial charge in [-0.05, 0) is 42.2 Å². The maximum atomic E-state index is 12.2. The number of nitrogens with zero attached hydrogens (tertiary/aromatic N) is 1. The van der Waals surface area contributed by atoms with Crippen LogP contribution < -0.4 is 15.5 Å². The molecule has 0 aliphatic carbocycles. The van der Waals surface area contributed by atoms with Crippen LogP contribution in [0.1, 0.15) is 50.2 Å². The monoisotopic (exact) mass is 367 g/mol. The summed E-state index contributed by atoms with van der Waals surface area (Å²) in [6.07, 6.45) is 6.76. The smallest absolute Gasteiger partial charge is 0.319 e. The first-order valence-corrected chi connectivity index (χ1v) is 9.99. The van der Waals surface area contributed by atoms with E-state index in [1.807, 2.05) is 32.3 Å². The highest BCUT2D eigenvalue weighted by Crippen LogP contribution is 2.21. The Hall–Kier alpha value is -2.49. The maximum Gasteiger partial charge on any atom is 0.319 e. The lowest BCUT2D eigenvalue weighted by molar-refractivity contribution is 0.252. The lowest BCUT2D eigenvalue weighted by Gasteiger charge is -2.14. The number of benzene rings is 2. The van der Waals surface area contributed by atoms with E-state index in [4.69, 9.17) is 0 Å². The summed E-state index contributed by atoms with van der Waals surface area (Å²) in [5.41, 5.74) is 4.40. The second-order valence-electron chi connectivity index (χ2n) is 7.19. The molecule has 4 nitrogen and oxygen atoms in total. The van der Waals surface area contributed by atoms with Crippen LogP contribution in [0.25, 0.3) is 0 Å². The van der Waals surface area contributed by atoms with Crippen LogP contribution in [0.3, 0.4) is 0 Å². The van der Waals surface area contributed by atoms with Crippen molar-refractivity contribution in [3.63, 3.8) is 0 Å². The Morgan fingerprint density at radius 3 is 2.33 bits per heavy atom. The molecule has 146 valence electrons. The van der Waals surface area contributed by atoms with Gasteiger partial charge < -0.3 is 15.5 Å². The zero-order valence-corrected chi connectivity index (χ0v) is 16.9. The van der Waals surface area contributed by atoms with Gasteiger partial charge >= 0.3 is 6.03 Å². The van der Waals surface area contributed by atoms with E-state index in [0.29, 0.717) is 0 Å². The molecule has 27 heavy (non-hydrogen) atoms. The van der Waals surface area contributed by atoms with Gasteiger partial charge in [-0.3, -0.25) is 0 Å². The number of rotatable bonds is 10. The van der Waals surface area contributed by atoms with E-state index in [1.165, 1.54) is 36.9 Å². The van der Waals surface area contributed by atoms with Crippen molar-refractivity contribution in [2.75, 3.05) is 30.9 Å². The molecule has 0 aliphatic heterocycles. The Morgan fingerprint density at radius 2 is 1.63 bits per heavy atom. The summed E-state index contributed by atoms with van der Waals surface area (Å²) >= 11 is 0. The van der Waals surface area contributed by atoms with Crippen LogP contribution in [0.2, 0.25) is 0 Å². The van der Waals surface area contributed by atoms with Crippen molar-refractivity contribution in [1.82, 2.24) is 5.32 Å². The molecule has 0 radical (unpaired) electrons. The first-order chi connectivity index (χ1) is 13.1. The van der Waals surface area contributed by atoms with Gasteiger partial charge in [0.2, 0.25) is 0 Å². The fourth-order valence-electron chi connectivity index (χ4n) is 3.03. The Morgan fingerprint density at radius 1 is 0.926 bits per heavy atom. The van der Waals surface area contributed by atoms with Crippen LogP contribution in [-0.4, -0.2) is 26.7 Å².